The lowest BCUT2D eigenvalue weighted by Gasteiger charge is -2.28. The van der Waals surface area contributed by atoms with Gasteiger partial charge in [-0.3, -0.25) is 0 Å². The van der Waals surface area contributed by atoms with Crippen molar-refractivity contribution >= 4 is 37.9 Å². The van der Waals surface area contributed by atoms with Crippen LogP contribution in [0.15, 0.2) is 71.9 Å². The SMILES string of the molecule is COc1ccc(-c2cnc(N3CCOCC3)cc2Nc2c(C)c(-c3ccccc3S(C)(=O)=O)nc3cc(F)cc(F)c23)cn1. The summed E-state index contributed by atoms with van der Waals surface area (Å²) in [6.07, 6.45) is 4.47. The Hall–Kier alpha value is -4.68. The minimum atomic E-state index is -3.66. The molecule has 4 heterocycles. The van der Waals surface area contributed by atoms with Gasteiger partial charge in [-0.1, -0.05) is 18.2 Å². The average molecular weight is 618 g/mol. The molecule has 1 aliphatic rings. The third kappa shape index (κ3) is 5.65. The number of halogens is 2. The van der Waals surface area contributed by atoms with Crippen LogP contribution in [0.5, 0.6) is 5.88 Å². The molecule has 0 unspecified atom stereocenters. The number of hydrogen-bond acceptors (Lipinski definition) is 9. The fraction of sp³-hybridized carbons (Fsp3) is 0.219. The molecule has 0 atom stereocenters. The van der Waals surface area contributed by atoms with Crippen LogP contribution in [-0.2, 0) is 14.6 Å². The molecule has 2 aromatic carbocycles. The lowest BCUT2D eigenvalue weighted by Crippen LogP contribution is -2.36. The van der Waals surface area contributed by atoms with Crippen molar-refractivity contribution in [1.82, 2.24) is 15.0 Å². The number of ether oxygens (including phenoxy) is 2. The summed E-state index contributed by atoms with van der Waals surface area (Å²) in [7, 11) is -2.13. The van der Waals surface area contributed by atoms with Gasteiger partial charge in [0.05, 0.1) is 53.2 Å². The van der Waals surface area contributed by atoms with Crippen LogP contribution in [0, 0.1) is 18.6 Å². The van der Waals surface area contributed by atoms with Crippen LogP contribution in [0.3, 0.4) is 0 Å². The molecule has 44 heavy (non-hydrogen) atoms. The maximum Gasteiger partial charge on any atom is 0.212 e. The van der Waals surface area contributed by atoms with Gasteiger partial charge in [0.15, 0.2) is 9.84 Å². The number of fused-ring (bicyclic) bond motifs is 1. The van der Waals surface area contributed by atoms with Gasteiger partial charge >= 0.3 is 0 Å². The highest BCUT2D eigenvalue weighted by molar-refractivity contribution is 7.90. The maximum absolute atomic E-state index is 15.6. The van der Waals surface area contributed by atoms with Gasteiger partial charge in [-0.2, -0.15) is 0 Å². The van der Waals surface area contributed by atoms with Gasteiger partial charge in [0, 0.05) is 72.7 Å². The molecule has 0 saturated carbocycles. The fourth-order valence-electron chi connectivity index (χ4n) is 5.35. The first-order valence-electron chi connectivity index (χ1n) is 13.8. The third-order valence-electron chi connectivity index (χ3n) is 7.53. The Morgan fingerprint density at radius 2 is 1.75 bits per heavy atom. The fourth-order valence-corrected chi connectivity index (χ4v) is 6.24. The first-order valence-corrected chi connectivity index (χ1v) is 15.7. The van der Waals surface area contributed by atoms with Gasteiger partial charge in [-0.05, 0) is 24.6 Å². The number of rotatable bonds is 7. The van der Waals surface area contributed by atoms with E-state index in [2.05, 4.69) is 20.2 Å². The number of anilines is 3. The lowest BCUT2D eigenvalue weighted by atomic mass is 10.00. The van der Waals surface area contributed by atoms with Gasteiger partial charge in [0.25, 0.3) is 0 Å². The molecule has 6 rings (SSSR count). The van der Waals surface area contributed by atoms with Crippen LogP contribution >= 0.6 is 0 Å². The highest BCUT2D eigenvalue weighted by Crippen LogP contribution is 2.41. The van der Waals surface area contributed by atoms with Crippen LogP contribution < -0.4 is 15.0 Å². The van der Waals surface area contributed by atoms with Gasteiger partial charge in [-0.25, -0.2) is 32.2 Å². The topological polar surface area (TPSA) is 107 Å². The van der Waals surface area contributed by atoms with Crippen LogP contribution in [0.4, 0.5) is 26.0 Å². The second kappa shape index (κ2) is 11.8. The zero-order chi connectivity index (χ0) is 31.0. The molecular formula is C32H29F2N5O4S. The van der Waals surface area contributed by atoms with E-state index in [4.69, 9.17) is 14.5 Å². The Morgan fingerprint density at radius 1 is 0.977 bits per heavy atom. The maximum atomic E-state index is 15.6. The monoisotopic (exact) mass is 617 g/mol. The average Bonchev–Trinajstić information content (AvgIpc) is 3.02. The normalized spacial score (nSPS) is 13.7. The highest BCUT2D eigenvalue weighted by atomic mass is 32.2. The second-order valence-electron chi connectivity index (χ2n) is 10.4. The van der Waals surface area contributed by atoms with Gasteiger partial charge in [-0.15, -0.1) is 0 Å². The third-order valence-corrected chi connectivity index (χ3v) is 8.68. The van der Waals surface area contributed by atoms with Crippen molar-refractivity contribution in [2.24, 2.45) is 0 Å². The number of benzene rings is 2. The quantitative estimate of drug-likeness (QED) is 0.238. The Kier molecular flexibility index (Phi) is 7.87. The van der Waals surface area contributed by atoms with E-state index in [-0.39, 0.29) is 21.5 Å². The summed E-state index contributed by atoms with van der Waals surface area (Å²) in [5, 5.41) is 3.47. The first-order chi connectivity index (χ1) is 21.1. The van der Waals surface area contributed by atoms with Crippen molar-refractivity contribution in [3.63, 3.8) is 0 Å². The molecule has 0 spiro atoms. The molecule has 1 N–H and O–H groups in total. The summed E-state index contributed by atoms with van der Waals surface area (Å²) in [4.78, 5) is 15.8. The van der Waals surface area contributed by atoms with Crippen molar-refractivity contribution in [3.8, 4) is 28.3 Å². The standard InChI is InChI=1S/C32H29F2N5O4S/c1-19-31(22-6-4-5-7-27(22)44(3,40)41)38-26-15-21(33)14-24(34)30(26)32(19)37-25-16-28(39-10-12-43-13-11-39)35-18-23(25)20-8-9-29(42-2)36-17-20/h4-9,14-18H,10-13H2,1-3H3,(H,35,37,38). The smallest absolute Gasteiger partial charge is 0.212 e. The Labute approximate surface area is 253 Å². The van der Waals surface area contributed by atoms with E-state index in [0.29, 0.717) is 66.1 Å². The zero-order valence-corrected chi connectivity index (χ0v) is 25.1. The number of sulfone groups is 1. The van der Waals surface area contributed by atoms with Crippen molar-refractivity contribution in [2.45, 2.75) is 11.8 Å². The van der Waals surface area contributed by atoms with Crippen molar-refractivity contribution in [1.29, 1.82) is 0 Å². The molecule has 1 aliphatic heterocycles. The summed E-state index contributed by atoms with van der Waals surface area (Å²) < 4.78 is 66.3. The van der Waals surface area contributed by atoms with Crippen molar-refractivity contribution < 1.29 is 26.7 Å². The Balaban J connectivity index is 1.59. The van der Waals surface area contributed by atoms with Crippen molar-refractivity contribution in [3.05, 3.63) is 84.2 Å². The minimum absolute atomic E-state index is 0.0315. The van der Waals surface area contributed by atoms with E-state index >= 15 is 4.39 Å². The van der Waals surface area contributed by atoms with E-state index in [1.807, 2.05) is 12.1 Å². The zero-order valence-electron chi connectivity index (χ0n) is 24.3. The Bertz CT molecular complexity index is 1980. The largest absolute Gasteiger partial charge is 0.481 e. The molecule has 5 aromatic rings. The van der Waals surface area contributed by atoms with E-state index in [1.54, 1.807) is 43.6 Å². The molecule has 0 amide bonds. The second-order valence-corrected chi connectivity index (χ2v) is 12.4. The molecule has 12 heteroatoms. The van der Waals surface area contributed by atoms with E-state index in [9.17, 15) is 12.8 Å². The van der Waals surface area contributed by atoms with Gasteiger partial charge in [0.1, 0.15) is 17.5 Å². The molecule has 3 aromatic heterocycles. The summed E-state index contributed by atoms with van der Waals surface area (Å²) >= 11 is 0. The van der Waals surface area contributed by atoms with E-state index in [0.717, 1.165) is 24.0 Å². The van der Waals surface area contributed by atoms with Crippen LogP contribution in [0.1, 0.15) is 5.56 Å². The molecule has 1 fully saturated rings. The number of nitrogens with zero attached hydrogens (tertiary/aromatic N) is 4. The minimum Gasteiger partial charge on any atom is -0.481 e. The summed E-state index contributed by atoms with van der Waals surface area (Å²) in [6, 6.07) is 13.8. The molecule has 9 nitrogen and oxygen atoms in total. The number of morpholine rings is 1. The molecule has 0 bridgehead atoms. The number of nitrogens with one attached hydrogen (secondary N) is 1. The van der Waals surface area contributed by atoms with Gasteiger partial charge in [0.2, 0.25) is 5.88 Å². The number of methoxy groups -OCH3 is 1. The predicted molar refractivity (Wildman–Crippen MR) is 165 cm³/mol. The van der Waals surface area contributed by atoms with E-state index in [1.165, 1.54) is 13.2 Å². The van der Waals surface area contributed by atoms with Gasteiger partial charge < -0.3 is 19.7 Å². The molecule has 0 aliphatic carbocycles. The molecular weight excluding hydrogens is 588 g/mol. The summed E-state index contributed by atoms with van der Waals surface area (Å²) in [6.45, 7) is 4.14. The summed E-state index contributed by atoms with van der Waals surface area (Å²) in [5.74, 6) is -0.485. The lowest BCUT2D eigenvalue weighted by molar-refractivity contribution is 0.122. The summed E-state index contributed by atoms with van der Waals surface area (Å²) in [5.41, 5.74) is 3.39. The molecule has 226 valence electrons. The van der Waals surface area contributed by atoms with Crippen LogP contribution in [-0.4, -0.2) is 63.0 Å². The van der Waals surface area contributed by atoms with Crippen LogP contribution in [0.25, 0.3) is 33.3 Å². The Morgan fingerprint density at radius 3 is 2.45 bits per heavy atom. The number of pyridine rings is 3. The van der Waals surface area contributed by atoms with E-state index < -0.39 is 21.5 Å². The predicted octanol–water partition coefficient (Wildman–Crippen LogP) is 5.94. The van der Waals surface area contributed by atoms with Crippen LogP contribution in [0.2, 0.25) is 0 Å². The molecule has 1 saturated heterocycles. The first kappa shape index (κ1) is 29.4. The molecule has 0 radical (unpaired) electrons. The number of aromatic nitrogens is 3. The number of hydrogen-bond donors (Lipinski definition) is 1. The van der Waals surface area contributed by atoms with Crippen molar-refractivity contribution in [2.75, 3.05) is 49.9 Å². The highest BCUT2D eigenvalue weighted by Gasteiger charge is 2.23.